The van der Waals surface area contributed by atoms with Crippen molar-refractivity contribution in [2.45, 2.75) is 38.7 Å². The summed E-state index contributed by atoms with van der Waals surface area (Å²) >= 11 is 0. The van der Waals surface area contributed by atoms with E-state index in [-0.39, 0.29) is 5.78 Å². The van der Waals surface area contributed by atoms with Crippen LogP contribution in [-0.2, 0) is 4.74 Å². The van der Waals surface area contributed by atoms with Crippen molar-refractivity contribution in [2.24, 2.45) is 0 Å². The molecule has 2 heterocycles. The molecule has 1 unspecified atom stereocenters. The van der Waals surface area contributed by atoms with E-state index in [9.17, 15) is 4.79 Å². The van der Waals surface area contributed by atoms with E-state index in [0.717, 1.165) is 19.3 Å². The van der Waals surface area contributed by atoms with Crippen LogP contribution in [0.2, 0.25) is 0 Å². The highest BCUT2D eigenvalue weighted by Gasteiger charge is 2.38. The topological polar surface area (TPSA) is 48.4 Å². The number of hydrogen-bond donors (Lipinski definition) is 0. The molecule has 4 nitrogen and oxygen atoms in total. The van der Waals surface area contributed by atoms with Gasteiger partial charge in [-0.2, -0.15) is 0 Å². The summed E-state index contributed by atoms with van der Waals surface area (Å²) in [6.07, 6.45) is 5.84. The van der Waals surface area contributed by atoms with Gasteiger partial charge in [0, 0.05) is 18.4 Å². The molecule has 4 heteroatoms. The number of ether oxygens (including phenoxy) is 2. The maximum atomic E-state index is 12.4. The van der Waals surface area contributed by atoms with E-state index in [4.69, 9.17) is 9.47 Å². The predicted octanol–water partition coefficient (Wildman–Crippen LogP) is 2.62. The molecule has 0 N–H and O–H groups in total. The summed E-state index contributed by atoms with van der Waals surface area (Å²) in [6.45, 7) is 5.17. The van der Waals surface area contributed by atoms with Gasteiger partial charge in [0.25, 0.3) is 0 Å². The van der Waals surface area contributed by atoms with Gasteiger partial charge in [-0.25, -0.2) is 0 Å². The summed E-state index contributed by atoms with van der Waals surface area (Å²) in [4.78, 5) is 16.4. The largest absolute Gasteiger partial charge is 0.492 e. The third kappa shape index (κ3) is 2.70. The smallest absolute Gasteiger partial charge is 0.196 e. The number of rotatable bonds is 5. The first kappa shape index (κ1) is 13.0. The molecule has 1 atom stereocenters. The van der Waals surface area contributed by atoms with Crippen molar-refractivity contribution in [3.8, 4) is 5.75 Å². The van der Waals surface area contributed by atoms with Gasteiger partial charge < -0.3 is 9.47 Å². The SMILES string of the molecule is CCCOc1cncc(C(=O)C2(C)CCCO2)c1. The monoisotopic (exact) mass is 249 g/mol. The molecule has 1 aromatic rings. The number of hydrogen-bond acceptors (Lipinski definition) is 4. The molecule has 1 fully saturated rings. The first-order valence-electron chi connectivity index (χ1n) is 6.42. The highest BCUT2D eigenvalue weighted by Crippen LogP contribution is 2.29. The van der Waals surface area contributed by atoms with E-state index in [1.54, 1.807) is 18.5 Å². The zero-order valence-corrected chi connectivity index (χ0v) is 10.9. The van der Waals surface area contributed by atoms with Gasteiger partial charge in [-0.05, 0) is 32.3 Å². The van der Waals surface area contributed by atoms with Crippen LogP contribution < -0.4 is 4.74 Å². The van der Waals surface area contributed by atoms with E-state index >= 15 is 0 Å². The molecule has 1 aliphatic rings. The first-order valence-corrected chi connectivity index (χ1v) is 6.42. The Labute approximate surface area is 107 Å². The molecule has 1 aromatic heterocycles. The van der Waals surface area contributed by atoms with Crippen LogP contribution in [0.15, 0.2) is 18.5 Å². The van der Waals surface area contributed by atoms with Crippen LogP contribution in [-0.4, -0.2) is 29.6 Å². The van der Waals surface area contributed by atoms with Gasteiger partial charge in [-0.3, -0.25) is 9.78 Å². The van der Waals surface area contributed by atoms with Crippen LogP contribution in [0, 0.1) is 0 Å². The molecule has 18 heavy (non-hydrogen) atoms. The lowest BCUT2D eigenvalue weighted by molar-refractivity contribution is 0.0213. The number of pyridine rings is 1. The lowest BCUT2D eigenvalue weighted by Gasteiger charge is -2.21. The number of nitrogens with zero attached hydrogens (tertiary/aromatic N) is 1. The summed E-state index contributed by atoms with van der Waals surface area (Å²) in [7, 11) is 0. The first-order chi connectivity index (χ1) is 8.65. The molecule has 0 spiro atoms. The summed E-state index contributed by atoms with van der Waals surface area (Å²) < 4.78 is 11.0. The Morgan fingerprint density at radius 3 is 3.06 bits per heavy atom. The van der Waals surface area contributed by atoms with Crippen molar-refractivity contribution in [1.82, 2.24) is 4.98 Å². The Hall–Kier alpha value is -1.42. The van der Waals surface area contributed by atoms with Crippen LogP contribution in [0.4, 0.5) is 0 Å². The molecule has 0 amide bonds. The lowest BCUT2D eigenvalue weighted by Crippen LogP contribution is -2.34. The number of aromatic nitrogens is 1. The highest BCUT2D eigenvalue weighted by molar-refractivity contribution is 6.02. The van der Waals surface area contributed by atoms with Gasteiger partial charge in [0.1, 0.15) is 11.4 Å². The second-order valence-corrected chi connectivity index (χ2v) is 4.77. The maximum absolute atomic E-state index is 12.4. The number of carbonyl (C=O) groups excluding carboxylic acids is 1. The molecule has 0 radical (unpaired) electrons. The average Bonchev–Trinajstić information content (AvgIpc) is 2.84. The van der Waals surface area contributed by atoms with Crippen LogP contribution in [0.1, 0.15) is 43.5 Å². The van der Waals surface area contributed by atoms with Crippen molar-refractivity contribution < 1.29 is 14.3 Å². The molecule has 0 bridgehead atoms. The molecule has 98 valence electrons. The number of carbonyl (C=O) groups is 1. The molecular formula is C14H19NO3. The summed E-state index contributed by atoms with van der Waals surface area (Å²) in [5.74, 6) is 0.638. The fraction of sp³-hybridized carbons (Fsp3) is 0.571. The molecule has 2 rings (SSSR count). The van der Waals surface area contributed by atoms with Gasteiger partial charge in [0.2, 0.25) is 0 Å². The Bertz CT molecular complexity index is 425. The number of ketones is 1. The quantitative estimate of drug-likeness (QED) is 0.753. The fourth-order valence-corrected chi connectivity index (χ4v) is 2.11. The predicted molar refractivity (Wildman–Crippen MR) is 67.9 cm³/mol. The molecule has 1 aliphatic heterocycles. The van der Waals surface area contributed by atoms with Gasteiger partial charge in [-0.1, -0.05) is 6.92 Å². The Morgan fingerprint density at radius 1 is 1.56 bits per heavy atom. The third-order valence-electron chi connectivity index (χ3n) is 3.15. The zero-order valence-electron chi connectivity index (χ0n) is 10.9. The summed E-state index contributed by atoms with van der Waals surface area (Å²) in [6, 6.07) is 1.75. The van der Waals surface area contributed by atoms with E-state index in [0.29, 0.717) is 24.5 Å². The van der Waals surface area contributed by atoms with E-state index < -0.39 is 5.60 Å². The second-order valence-electron chi connectivity index (χ2n) is 4.77. The lowest BCUT2D eigenvalue weighted by atomic mass is 9.93. The Kier molecular flexibility index (Phi) is 3.97. The maximum Gasteiger partial charge on any atom is 0.196 e. The molecule has 0 aliphatic carbocycles. The minimum absolute atomic E-state index is 0.00514. The van der Waals surface area contributed by atoms with Crippen LogP contribution in [0.5, 0.6) is 5.75 Å². The van der Waals surface area contributed by atoms with Crippen molar-refractivity contribution in [1.29, 1.82) is 0 Å². The molecule has 0 aromatic carbocycles. The van der Waals surface area contributed by atoms with Crippen LogP contribution in [0.25, 0.3) is 0 Å². The van der Waals surface area contributed by atoms with Gasteiger partial charge in [0.05, 0.1) is 12.8 Å². The second kappa shape index (κ2) is 5.48. The Balaban J connectivity index is 2.15. The van der Waals surface area contributed by atoms with Crippen molar-refractivity contribution in [3.63, 3.8) is 0 Å². The number of Topliss-reactive ketones (excluding diaryl/α,β-unsaturated/α-hetero) is 1. The van der Waals surface area contributed by atoms with Crippen molar-refractivity contribution in [2.75, 3.05) is 13.2 Å². The molecule has 0 saturated carbocycles. The van der Waals surface area contributed by atoms with Gasteiger partial charge in [-0.15, -0.1) is 0 Å². The van der Waals surface area contributed by atoms with Crippen LogP contribution >= 0.6 is 0 Å². The standard InChI is InChI=1S/C14H19NO3/c1-3-6-17-12-8-11(9-15-10-12)13(16)14(2)5-4-7-18-14/h8-10H,3-7H2,1-2H3. The third-order valence-corrected chi connectivity index (χ3v) is 3.15. The highest BCUT2D eigenvalue weighted by atomic mass is 16.5. The van der Waals surface area contributed by atoms with Crippen LogP contribution in [0.3, 0.4) is 0 Å². The zero-order chi connectivity index (χ0) is 13.0. The van der Waals surface area contributed by atoms with Gasteiger partial charge >= 0.3 is 0 Å². The van der Waals surface area contributed by atoms with E-state index in [2.05, 4.69) is 4.98 Å². The molecule has 1 saturated heterocycles. The van der Waals surface area contributed by atoms with Crippen molar-refractivity contribution in [3.05, 3.63) is 24.0 Å². The fourth-order valence-electron chi connectivity index (χ4n) is 2.11. The summed E-state index contributed by atoms with van der Waals surface area (Å²) in [5, 5.41) is 0. The normalized spacial score (nSPS) is 23.0. The van der Waals surface area contributed by atoms with Gasteiger partial charge in [0.15, 0.2) is 5.78 Å². The Morgan fingerprint density at radius 2 is 2.39 bits per heavy atom. The summed E-state index contributed by atoms with van der Waals surface area (Å²) in [5.41, 5.74) is -0.126. The minimum Gasteiger partial charge on any atom is -0.492 e. The average molecular weight is 249 g/mol. The van der Waals surface area contributed by atoms with E-state index in [1.165, 1.54) is 0 Å². The van der Waals surface area contributed by atoms with E-state index in [1.807, 2.05) is 13.8 Å². The minimum atomic E-state index is -0.689. The molecular weight excluding hydrogens is 230 g/mol. The van der Waals surface area contributed by atoms with Crippen molar-refractivity contribution >= 4 is 5.78 Å².